The van der Waals surface area contributed by atoms with E-state index in [1.54, 1.807) is 12.1 Å². The summed E-state index contributed by atoms with van der Waals surface area (Å²) < 4.78 is 22.2. The number of hydrogen-bond donors (Lipinski definition) is 1. The Hall–Kier alpha value is -3.98. The molecule has 0 radical (unpaired) electrons. The van der Waals surface area contributed by atoms with Gasteiger partial charge in [0.1, 0.15) is 5.25 Å². The molecule has 9 heteroatoms. The average molecular weight is 506 g/mol. The minimum absolute atomic E-state index is 0.191. The molecule has 0 unspecified atom stereocenters. The van der Waals surface area contributed by atoms with Crippen LogP contribution in [0.2, 0.25) is 0 Å². The van der Waals surface area contributed by atoms with Crippen molar-refractivity contribution in [1.29, 1.82) is 0 Å². The zero-order valence-corrected chi connectivity index (χ0v) is 21.5. The van der Waals surface area contributed by atoms with Crippen molar-refractivity contribution in [3.63, 3.8) is 0 Å². The second kappa shape index (κ2) is 11.2. The summed E-state index contributed by atoms with van der Waals surface area (Å²) in [5.41, 5.74) is 4.29. The minimum atomic E-state index is -0.611. The lowest BCUT2D eigenvalue weighted by Gasteiger charge is -2.16. The van der Waals surface area contributed by atoms with Crippen molar-refractivity contribution in [2.75, 3.05) is 26.6 Å². The first kappa shape index (κ1) is 25.1. The number of aryl methyl sites for hydroxylation is 2. The van der Waals surface area contributed by atoms with Crippen molar-refractivity contribution in [2.45, 2.75) is 24.3 Å². The standard InChI is InChI=1S/C27H27N3O5S/c1-16-11-17(2)13-20(12-16)28-25(31)24(18-9-7-6-8-10-18)36-27-30-29-26(35-27)19-14-21(32-3)23(34-5)22(15-19)33-4/h6-15,24H,1-5H3,(H,28,31)/t24-/m1/s1. The molecule has 0 spiro atoms. The van der Waals surface area contributed by atoms with E-state index in [1.807, 2.05) is 56.3 Å². The summed E-state index contributed by atoms with van der Waals surface area (Å²) in [5.74, 6) is 1.47. The van der Waals surface area contributed by atoms with Gasteiger partial charge < -0.3 is 23.9 Å². The molecule has 0 aliphatic carbocycles. The Morgan fingerprint density at radius 1 is 0.889 bits per heavy atom. The third-order valence-corrected chi connectivity index (χ3v) is 6.46. The second-order valence-electron chi connectivity index (χ2n) is 8.06. The van der Waals surface area contributed by atoms with Crippen LogP contribution in [-0.4, -0.2) is 37.4 Å². The molecule has 186 valence electrons. The fourth-order valence-electron chi connectivity index (χ4n) is 3.83. The number of carbonyl (C=O) groups excluding carboxylic acids is 1. The van der Waals surface area contributed by atoms with Crippen LogP contribution in [0.5, 0.6) is 17.2 Å². The molecule has 0 saturated carbocycles. The van der Waals surface area contributed by atoms with Gasteiger partial charge >= 0.3 is 0 Å². The number of aromatic nitrogens is 2. The zero-order valence-electron chi connectivity index (χ0n) is 20.7. The molecule has 0 fully saturated rings. The van der Waals surface area contributed by atoms with E-state index < -0.39 is 5.25 Å². The SMILES string of the molecule is COc1cc(-c2nnc(S[C@@H](C(=O)Nc3cc(C)cc(C)c3)c3ccccc3)o2)cc(OC)c1OC. The maximum atomic E-state index is 13.4. The van der Waals surface area contributed by atoms with E-state index in [1.165, 1.54) is 33.1 Å². The Labute approximate surface area is 214 Å². The molecule has 36 heavy (non-hydrogen) atoms. The van der Waals surface area contributed by atoms with Crippen LogP contribution in [0.4, 0.5) is 5.69 Å². The lowest BCUT2D eigenvalue weighted by molar-refractivity contribution is -0.115. The highest BCUT2D eigenvalue weighted by Crippen LogP contribution is 2.42. The number of benzene rings is 3. The molecule has 4 rings (SSSR count). The molecule has 0 saturated heterocycles. The topological polar surface area (TPSA) is 95.7 Å². The van der Waals surface area contributed by atoms with Crippen LogP contribution in [0, 0.1) is 13.8 Å². The third kappa shape index (κ3) is 5.63. The van der Waals surface area contributed by atoms with Gasteiger partial charge in [-0.05, 0) is 66.6 Å². The highest BCUT2D eigenvalue weighted by atomic mass is 32.2. The molecule has 1 atom stereocenters. The minimum Gasteiger partial charge on any atom is -0.493 e. The highest BCUT2D eigenvalue weighted by Gasteiger charge is 2.26. The first-order valence-corrected chi connectivity index (χ1v) is 12.0. The van der Waals surface area contributed by atoms with E-state index in [0.717, 1.165) is 22.4 Å². The van der Waals surface area contributed by atoms with Gasteiger partial charge in [0, 0.05) is 11.3 Å². The fraction of sp³-hybridized carbons (Fsp3) is 0.222. The number of hydrogen-bond acceptors (Lipinski definition) is 8. The van der Waals surface area contributed by atoms with Crippen molar-refractivity contribution in [3.8, 4) is 28.7 Å². The lowest BCUT2D eigenvalue weighted by atomic mass is 10.1. The molecular weight excluding hydrogens is 478 g/mol. The van der Waals surface area contributed by atoms with Crippen LogP contribution in [0.15, 0.2) is 70.3 Å². The van der Waals surface area contributed by atoms with E-state index in [9.17, 15) is 4.79 Å². The van der Waals surface area contributed by atoms with Gasteiger partial charge in [0.05, 0.1) is 21.3 Å². The Balaban J connectivity index is 1.63. The summed E-state index contributed by atoms with van der Waals surface area (Å²) in [6, 6.07) is 18.9. The third-order valence-electron chi connectivity index (χ3n) is 5.37. The number of carbonyl (C=O) groups is 1. The van der Waals surface area contributed by atoms with Crippen LogP contribution in [0.3, 0.4) is 0 Å². The van der Waals surface area contributed by atoms with Crippen molar-refractivity contribution >= 4 is 23.4 Å². The lowest BCUT2D eigenvalue weighted by Crippen LogP contribution is -2.19. The van der Waals surface area contributed by atoms with E-state index in [-0.39, 0.29) is 17.0 Å². The van der Waals surface area contributed by atoms with Crippen molar-refractivity contribution < 1.29 is 23.4 Å². The smallest absolute Gasteiger partial charge is 0.277 e. The van der Waals surface area contributed by atoms with Crippen LogP contribution in [0.1, 0.15) is 21.9 Å². The van der Waals surface area contributed by atoms with Crippen LogP contribution in [0.25, 0.3) is 11.5 Å². The molecule has 4 aromatic rings. The molecular formula is C27H27N3O5S. The molecule has 1 heterocycles. The monoisotopic (exact) mass is 505 g/mol. The van der Waals surface area contributed by atoms with Gasteiger partial charge in [-0.15, -0.1) is 10.2 Å². The molecule has 0 bridgehead atoms. The van der Waals surface area contributed by atoms with E-state index in [4.69, 9.17) is 18.6 Å². The summed E-state index contributed by atoms with van der Waals surface area (Å²) in [7, 11) is 4.61. The quantitative estimate of drug-likeness (QED) is 0.283. The predicted molar refractivity (Wildman–Crippen MR) is 139 cm³/mol. The number of anilines is 1. The Bertz CT molecular complexity index is 1310. The largest absolute Gasteiger partial charge is 0.493 e. The molecule has 1 amide bonds. The molecule has 0 aliphatic heterocycles. The average Bonchev–Trinajstić information content (AvgIpc) is 3.35. The number of nitrogens with zero attached hydrogens (tertiary/aromatic N) is 2. The summed E-state index contributed by atoms with van der Waals surface area (Å²) in [4.78, 5) is 13.4. The van der Waals surface area contributed by atoms with Gasteiger partial charge in [0.25, 0.3) is 5.22 Å². The Morgan fingerprint density at radius 3 is 2.11 bits per heavy atom. The summed E-state index contributed by atoms with van der Waals surface area (Å²) in [5, 5.41) is 11.0. The number of nitrogens with one attached hydrogen (secondary N) is 1. The first-order valence-electron chi connectivity index (χ1n) is 11.2. The van der Waals surface area contributed by atoms with E-state index in [2.05, 4.69) is 21.6 Å². The Morgan fingerprint density at radius 2 is 1.53 bits per heavy atom. The van der Waals surface area contributed by atoms with Crippen molar-refractivity contribution in [1.82, 2.24) is 10.2 Å². The fourth-order valence-corrected chi connectivity index (χ4v) is 4.71. The summed E-state index contributed by atoms with van der Waals surface area (Å²) in [6.45, 7) is 3.99. The van der Waals surface area contributed by atoms with E-state index in [0.29, 0.717) is 22.8 Å². The van der Waals surface area contributed by atoms with Gasteiger partial charge in [-0.3, -0.25) is 4.79 Å². The number of methoxy groups -OCH3 is 3. The Kier molecular flexibility index (Phi) is 7.80. The van der Waals surface area contributed by atoms with E-state index >= 15 is 0 Å². The molecule has 1 N–H and O–H groups in total. The molecule has 0 aliphatic rings. The number of thioether (sulfide) groups is 1. The van der Waals surface area contributed by atoms with Crippen LogP contribution >= 0.6 is 11.8 Å². The normalized spacial score (nSPS) is 11.6. The summed E-state index contributed by atoms with van der Waals surface area (Å²) in [6.07, 6.45) is 0. The molecule has 8 nitrogen and oxygen atoms in total. The van der Waals surface area contributed by atoms with Crippen LogP contribution < -0.4 is 19.5 Å². The highest BCUT2D eigenvalue weighted by molar-refractivity contribution is 8.00. The van der Waals surface area contributed by atoms with Crippen LogP contribution in [-0.2, 0) is 4.79 Å². The maximum Gasteiger partial charge on any atom is 0.277 e. The van der Waals surface area contributed by atoms with Gasteiger partial charge in [-0.25, -0.2) is 0 Å². The number of rotatable bonds is 9. The molecule has 3 aromatic carbocycles. The van der Waals surface area contributed by atoms with Gasteiger partial charge in [-0.1, -0.05) is 36.4 Å². The van der Waals surface area contributed by atoms with Gasteiger partial charge in [-0.2, -0.15) is 0 Å². The number of amides is 1. The predicted octanol–water partition coefficient (Wildman–Crippen LogP) is 5.85. The van der Waals surface area contributed by atoms with Crippen molar-refractivity contribution in [3.05, 3.63) is 77.4 Å². The second-order valence-corrected chi connectivity index (χ2v) is 9.12. The summed E-state index contributed by atoms with van der Waals surface area (Å²) >= 11 is 1.18. The maximum absolute atomic E-state index is 13.4. The zero-order chi connectivity index (χ0) is 25.7. The van der Waals surface area contributed by atoms with Gasteiger partial charge in [0.15, 0.2) is 11.5 Å². The first-order chi connectivity index (χ1) is 17.4. The molecule has 1 aromatic heterocycles. The van der Waals surface area contributed by atoms with Gasteiger partial charge in [0.2, 0.25) is 17.5 Å². The number of ether oxygens (including phenoxy) is 3. The van der Waals surface area contributed by atoms with Crippen molar-refractivity contribution in [2.24, 2.45) is 0 Å².